The van der Waals surface area contributed by atoms with Gasteiger partial charge in [-0.3, -0.25) is 0 Å². The van der Waals surface area contributed by atoms with E-state index >= 15 is 0 Å². The molecule has 2 aromatic heterocycles. The molecule has 0 aliphatic carbocycles. The fraction of sp³-hybridized carbons (Fsp3) is 0.385. The Morgan fingerprint density at radius 2 is 2.11 bits per heavy atom. The molecule has 0 radical (unpaired) electrons. The van der Waals surface area contributed by atoms with Crippen molar-refractivity contribution in [3.8, 4) is 0 Å². The molecule has 0 spiro atoms. The van der Waals surface area contributed by atoms with Gasteiger partial charge in [0.05, 0.1) is 18.2 Å². The lowest BCUT2D eigenvalue weighted by atomic mass is 9.96. The van der Waals surface area contributed by atoms with Gasteiger partial charge in [0, 0.05) is 11.6 Å². The number of carbonyl (C=O) groups excluding carboxylic acids is 1. The van der Waals surface area contributed by atoms with Gasteiger partial charge in [-0.05, 0) is 28.1 Å². The van der Waals surface area contributed by atoms with Crippen LogP contribution >= 0.6 is 15.9 Å². The van der Waals surface area contributed by atoms with Crippen molar-refractivity contribution in [2.45, 2.75) is 26.2 Å². The molecule has 18 heavy (non-hydrogen) atoms. The summed E-state index contributed by atoms with van der Waals surface area (Å²) in [5.41, 5.74) is 1.15. The van der Waals surface area contributed by atoms with E-state index in [0.29, 0.717) is 10.2 Å². The van der Waals surface area contributed by atoms with E-state index in [1.165, 1.54) is 7.11 Å². The Morgan fingerprint density at radius 3 is 2.67 bits per heavy atom. The highest BCUT2D eigenvalue weighted by atomic mass is 79.9. The van der Waals surface area contributed by atoms with Gasteiger partial charge in [-0.25, -0.2) is 9.78 Å². The number of aromatic nitrogens is 2. The summed E-state index contributed by atoms with van der Waals surface area (Å²) in [5.74, 6) is 0.539. The molecule has 2 rings (SSSR count). The molecule has 0 unspecified atom stereocenters. The quantitative estimate of drug-likeness (QED) is 0.760. The fourth-order valence-electron chi connectivity index (χ4n) is 1.90. The molecule has 96 valence electrons. The highest BCUT2D eigenvalue weighted by molar-refractivity contribution is 9.10. The van der Waals surface area contributed by atoms with E-state index in [1.54, 1.807) is 6.07 Å². The van der Waals surface area contributed by atoms with Crippen LogP contribution in [0.25, 0.3) is 5.52 Å². The molecule has 0 amide bonds. The molecular weight excluding hydrogens is 296 g/mol. The Kier molecular flexibility index (Phi) is 3.19. The maximum Gasteiger partial charge on any atom is 0.340 e. The van der Waals surface area contributed by atoms with Gasteiger partial charge in [0.2, 0.25) is 0 Å². The molecule has 2 heterocycles. The molecular formula is C13H15BrN2O2. The number of hydrogen-bond acceptors (Lipinski definition) is 3. The van der Waals surface area contributed by atoms with Gasteiger partial charge in [0.25, 0.3) is 0 Å². The zero-order valence-electron chi connectivity index (χ0n) is 10.8. The van der Waals surface area contributed by atoms with Crippen LogP contribution in [0.3, 0.4) is 0 Å². The summed E-state index contributed by atoms with van der Waals surface area (Å²) in [7, 11) is 1.38. The van der Waals surface area contributed by atoms with Gasteiger partial charge in [-0.15, -0.1) is 0 Å². The number of methoxy groups -OCH3 is 1. The van der Waals surface area contributed by atoms with Gasteiger partial charge >= 0.3 is 5.97 Å². The molecule has 4 nitrogen and oxygen atoms in total. The second-order valence-corrected chi connectivity index (χ2v) is 5.86. The molecule has 0 atom stereocenters. The average molecular weight is 311 g/mol. The van der Waals surface area contributed by atoms with Gasteiger partial charge in [-0.2, -0.15) is 0 Å². The smallest absolute Gasteiger partial charge is 0.340 e. The third kappa shape index (κ3) is 2.03. The number of carbonyl (C=O) groups is 1. The van der Waals surface area contributed by atoms with Crippen LogP contribution in [0, 0.1) is 0 Å². The Morgan fingerprint density at radius 1 is 1.44 bits per heavy atom. The van der Waals surface area contributed by atoms with E-state index in [-0.39, 0.29) is 11.4 Å². The highest BCUT2D eigenvalue weighted by Gasteiger charge is 2.24. The van der Waals surface area contributed by atoms with Gasteiger partial charge in [0.15, 0.2) is 0 Å². The Hall–Kier alpha value is -1.36. The number of nitrogens with zero attached hydrogens (tertiary/aromatic N) is 2. The Balaban J connectivity index is 2.80. The lowest BCUT2D eigenvalue weighted by Gasteiger charge is -2.16. The molecule has 0 aromatic carbocycles. The maximum atomic E-state index is 11.8. The maximum absolute atomic E-state index is 11.8. The zero-order chi connectivity index (χ0) is 13.5. The summed E-state index contributed by atoms with van der Waals surface area (Å²) < 4.78 is 7.38. The molecule has 0 saturated heterocycles. The first-order valence-corrected chi connectivity index (χ1v) is 6.41. The van der Waals surface area contributed by atoms with E-state index in [0.717, 1.165) is 11.3 Å². The van der Waals surface area contributed by atoms with Crippen molar-refractivity contribution in [2.24, 2.45) is 0 Å². The minimum absolute atomic E-state index is 0.107. The number of rotatable bonds is 1. The largest absolute Gasteiger partial charge is 0.465 e. The predicted molar refractivity (Wildman–Crippen MR) is 72.9 cm³/mol. The topological polar surface area (TPSA) is 43.6 Å². The van der Waals surface area contributed by atoms with Gasteiger partial charge < -0.3 is 9.14 Å². The fourth-order valence-corrected chi connectivity index (χ4v) is 2.47. The second kappa shape index (κ2) is 4.39. The molecule has 5 heteroatoms. The summed E-state index contributed by atoms with van der Waals surface area (Å²) >= 11 is 3.42. The first-order valence-electron chi connectivity index (χ1n) is 5.61. The van der Waals surface area contributed by atoms with Crippen LogP contribution in [-0.4, -0.2) is 22.5 Å². The van der Waals surface area contributed by atoms with Crippen molar-refractivity contribution in [3.05, 3.63) is 34.3 Å². The van der Waals surface area contributed by atoms with Crippen molar-refractivity contribution in [1.82, 2.24) is 9.38 Å². The van der Waals surface area contributed by atoms with Crippen molar-refractivity contribution < 1.29 is 9.53 Å². The number of halogens is 1. The molecule has 0 bridgehead atoms. The number of imidazole rings is 1. The Labute approximate surface area is 114 Å². The summed E-state index contributed by atoms with van der Waals surface area (Å²) in [6.07, 6.45) is 1.90. The zero-order valence-corrected chi connectivity index (χ0v) is 12.4. The molecule has 0 fully saturated rings. The van der Waals surface area contributed by atoms with Crippen molar-refractivity contribution in [2.75, 3.05) is 7.11 Å². The number of fused-ring (bicyclic) bond motifs is 1. The summed E-state index contributed by atoms with van der Waals surface area (Å²) in [6, 6.07) is 3.56. The van der Waals surface area contributed by atoms with E-state index in [9.17, 15) is 4.79 Å². The molecule has 2 aromatic rings. The lowest BCUT2D eigenvalue weighted by Crippen LogP contribution is -2.16. The number of esters is 1. The SMILES string of the molecule is COC(=O)c1cccn2c(C(C)(C)C)nc(Br)c12. The van der Waals surface area contributed by atoms with Crippen LogP contribution in [-0.2, 0) is 10.2 Å². The minimum atomic E-state index is -0.360. The summed E-state index contributed by atoms with van der Waals surface area (Å²) in [4.78, 5) is 16.3. The second-order valence-electron chi connectivity index (χ2n) is 5.11. The van der Waals surface area contributed by atoms with Crippen LogP contribution in [0.4, 0.5) is 0 Å². The first kappa shape index (κ1) is 13.1. The lowest BCUT2D eigenvalue weighted by molar-refractivity contribution is 0.0602. The summed E-state index contributed by atoms with van der Waals surface area (Å²) in [5, 5.41) is 0. The van der Waals surface area contributed by atoms with Gasteiger partial charge in [0.1, 0.15) is 10.4 Å². The third-order valence-corrected chi connectivity index (χ3v) is 3.25. The molecule has 0 aliphatic heterocycles. The summed E-state index contributed by atoms with van der Waals surface area (Å²) in [6.45, 7) is 6.25. The molecule has 0 saturated carbocycles. The van der Waals surface area contributed by atoms with Crippen LogP contribution < -0.4 is 0 Å². The minimum Gasteiger partial charge on any atom is -0.465 e. The van der Waals surface area contributed by atoms with E-state index in [2.05, 4.69) is 41.7 Å². The van der Waals surface area contributed by atoms with Crippen LogP contribution in [0.15, 0.2) is 22.9 Å². The van der Waals surface area contributed by atoms with Crippen molar-refractivity contribution in [1.29, 1.82) is 0 Å². The first-order chi connectivity index (χ1) is 8.36. The third-order valence-electron chi connectivity index (χ3n) is 2.70. The van der Waals surface area contributed by atoms with Crippen molar-refractivity contribution >= 4 is 27.4 Å². The number of hydrogen-bond donors (Lipinski definition) is 0. The molecule has 0 aliphatic rings. The van der Waals surface area contributed by atoms with E-state index in [4.69, 9.17) is 4.74 Å². The number of pyridine rings is 1. The van der Waals surface area contributed by atoms with Gasteiger partial charge in [-0.1, -0.05) is 20.8 Å². The average Bonchev–Trinajstić information content (AvgIpc) is 2.66. The standard InChI is InChI=1S/C13H15BrN2O2/c1-13(2,3)12-15-10(14)9-8(11(17)18-4)6-5-7-16(9)12/h5-7H,1-4H3. The van der Waals surface area contributed by atoms with Crippen LogP contribution in [0.5, 0.6) is 0 Å². The number of ether oxygens (including phenoxy) is 1. The van der Waals surface area contributed by atoms with Crippen LogP contribution in [0.1, 0.15) is 37.0 Å². The highest BCUT2D eigenvalue weighted by Crippen LogP contribution is 2.29. The van der Waals surface area contributed by atoms with E-state index in [1.807, 2.05) is 16.7 Å². The van der Waals surface area contributed by atoms with E-state index < -0.39 is 0 Å². The monoisotopic (exact) mass is 310 g/mol. The Bertz CT molecular complexity index is 611. The predicted octanol–water partition coefficient (Wildman–Crippen LogP) is 3.18. The molecule has 0 N–H and O–H groups in total. The normalized spacial score (nSPS) is 11.8. The van der Waals surface area contributed by atoms with Crippen LogP contribution in [0.2, 0.25) is 0 Å². The van der Waals surface area contributed by atoms with Crippen molar-refractivity contribution in [3.63, 3.8) is 0 Å².